The predicted molar refractivity (Wildman–Crippen MR) is 76.7 cm³/mol. The molecule has 1 aromatic rings. The molecule has 0 aliphatic carbocycles. The van der Waals surface area contributed by atoms with Crippen LogP contribution in [0.25, 0.3) is 0 Å². The molecule has 2 rings (SSSR count). The van der Waals surface area contributed by atoms with Crippen LogP contribution >= 0.6 is 35.0 Å². The van der Waals surface area contributed by atoms with Crippen LogP contribution in [0.2, 0.25) is 10.0 Å². The Labute approximate surface area is 120 Å². The maximum absolute atomic E-state index is 10.1. The zero-order chi connectivity index (χ0) is 13.2. The summed E-state index contributed by atoms with van der Waals surface area (Å²) in [7, 11) is 0. The highest BCUT2D eigenvalue weighted by Gasteiger charge is 2.31. The van der Waals surface area contributed by atoms with Gasteiger partial charge in [0.1, 0.15) is 5.75 Å². The largest absolute Gasteiger partial charge is 0.506 e. The van der Waals surface area contributed by atoms with E-state index >= 15 is 0 Å². The number of phenolic OH excluding ortho intramolecular Hbond substituents is 1. The summed E-state index contributed by atoms with van der Waals surface area (Å²) < 4.78 is 0. The monoisotopic (exact) mass is 307 g/mol. The van der Waals surface area contributed by atoms with Gasteiger partial charge in [0.15, 0.2) is 0 Å². The highest BCUT2D eigenvalue weighted by atomic mass is 35.5. The number of halogens is 2. The second-order valence-corrected chi connectivity index (χ2v) is 6.47. The van der Waals surface area contributed by atoms with E-state index in [2.05, 4.69) is 5.32 Å². The lowest BCUT2D eigenvalue weighted by Crippen LogP contribution is -2.40. The number of benzene rings is 1. The summed E-state index contributed by atoms with van der Waals surface area (Å²) in [4.78, 5) is 0. The van der Waals surface area contributed by atoms with Gasteiger partial charge in [-0.2, -0.15) is 11.8 Å². The molecule has 1 aliphatic rings. The van der Waals surface area contributed by atoms with E-state index in [1.807, 2.05) is 0 Å². The van der Waals surface area contributed by atoms with Crippen LogP contribution in [0.1, 0.15) is 12.0 Å². The van der Waals surface area contributed by atoms with Crippen molar-refractivity contribution in [1.29, 1.82) is 0 Å². The van der Waals surface area contributed by atoms with E-state index in [0.717, 1.165) is 17.9 Å². The van der Waals surface area contributed by atoms with E-state index in [-0.39, 0.29) is 10.8 Å². The van der Waals surface area contributed by atoms with Crippen LogP contribution in [0.4, 0.5) is 0 Å². The van der Waals surface area contributed by atoms with Crippen molar-refractivity contribution in [1.82, 2.24) is 5.32 Å². The molecule has 1 aromatic carbocycles. The Morgan fingerprint density at radius 3 is 2.83 bits per heavy atom. The number of aliphatic hydroxyl groups is 1. The number of rotatable bonds is 4. The van der Waals surface area contributed by atoms with Crippen molar-refractivity contribution < 1.29 is 10.2 Å². The van der Waals surface area contributed by atoms with Crippen LogP contribution in [0, 0.1) is 0 Å². The molecule has 0 amide bonds. The Kier molecular flexibility index (Phi) is 4.67. The maximum Gasteiger partial charge on any atom is 0.138 e. The third-order valence-corrected chi connectivity index (χ3v) is 4.70. The molecule has 0 bridgehead atoms. The third-order valence-electron chi connectivity index (χ3n) is 2.96. The molecule has 3 N–H and O–H groups in total. The number of aromatic hydroxyl groups is 1. The van der Waals surface area contributed by atoms with Crippen molar-refractivity contribution in [2.45, 2.75) is 18.6 Å². The minimum Gasteiger partial charge on any atom is -0.506 e. The smallest absolute Gasteiger partial charge is 0.138 e. The molecule has 3 nitrogen and oxygen atoms in total. The number of nitrogens with one attached hydrogen (secondary N) is 1. The summed E-state index contributed by atoms with van der Waals surface area (Å²) in [5, 5.41) is 23.8. The van der Waals surface area contributed by atoms with Crippen molar-refractivity contribution >= 4 is 35.0 Å². The lowest BCUT2D eigenvalue weighted by molar-refractivity contribution is 0.0674. The van der Waals surface area contributed by atoms with Gasteiger partial charge in [-0.1, -0.05) is 23.2 Å². The molecule has 0 saturated carbocycles. The fourth-order valence-corrected chi connectivity index (χ4v) is 3.75. The van der Waals surface area contributed by atoms with Crippen molar-refractivity contribution in [3.8, 4) is 5.75 Å². The summed E-state index contributed by atoms with van der Waals surface area (Å²) in [6.45, 7) is 0.933. The average molecular weight is 308 g/mol. The Hall–Kier alpha value is -0.130. The standard InChI is InChI=1S/C12H15Cl2NO2S/c13-9-3-8(11(16)10(14)4-9)5-15-6-12(17)1-2-18-7-12/h3-4,15-17H,1-2,5-7H2. The quantitative estimate of drug-likeness (QED) is 0.800. The first kappa shape index (κ1) is 14.3. The second-order valence-electron chi connectivity index (χ2n) is 4.53. The van der Waals surface area contributed by atoms with Gasteiger partial charge in [-0.3, -0.25) is 0 Å². The molecule has 1 fully saturated rings. The molecule has 1 unspecified atom stereocenters. The zero-order valence-corrected chi connectivity index (χ0v) is 12.1. The van der Waals surface area contributed by atoms with Gasteiger partial charge in [0.25, 0.3) is 0 Å². The average Bonchev–Trinajstić information content (AvgIpc) is 2.72. The van der Waals surface area contributed by atoms with Crippen LogP contribution in [0.5, 0.6) is 5.75 Å². The summed E-state index contributed by atoms with van der Waals surface area (Å²) in [5.41, 5.74) is 0.00425. The first-order chi connectivity index (χ1) is 8.50. The molecular weight excluding hydrogens is 293 g/mol. The molecule has 1 atom stereocenters. The zero-order valence-electron chi connectivity index (χ0n) is 9.75. The highest BCUT2D eigenvalue weighted by Crippen LogP contribution is 2.31. The van der Waals surface area contributed by atoms with Crippen LogP contribution in [-0.4, -0.2) is 33.9 Å². The highest BCUT2D eigenvalue weighted by molar-refractivity contribution is 7.99. The van der Waals surface area contributed by atoms with E-state index in [1.165, 1.54) is 6.07 Å². The van der Waals surface area contributed by atoms with Gasteiger partial charge in [-0.05, 0) is 24.3 Å². The maximum atomic E-state index is 10.1. The molecule has 0 aromatic heterocycles. The predicted octanol–water partition coefficient (Wildman–Crippen LogP) is 2.66. The summed E-state index contributed by atoms with van der Waals surface area (Å²) in [6, 6.07) is 3.17. The number of phenols is 1. The van der Waals surface area contributed by atoms with E-state index in [0.29, 0.717) is 23.7 Å². The fourth-order valence-electron chi connectivity index (χ4n) is 1.92. The topological polar surface area (TPSA) is 52.5 Å². The lowest BCUT2D eigenvalue weighted by Gasteiger charge is -2.21. The van der Waals surface area contributed by atoms with Crippen molar-refractivity contribution in [3.63, 3.8) is 0 Å². The first-order valence-corrected chi connectivity index (χ1v) is 7.59. The number of hydrogen-bond donors (Lipinski definition) is 3. The molecule has 1 aliphatic heterocycles. The van der Waals surface area contributed by atoms with E-state index in [1.54, 1.807) is 17.8 Å². The normalized spacial score (nSPS) is 23.5. The minimum atomic E-state index is -0.636. The van der Waals surface area contributed by atoms with Crippen molar-refractivity contribution in [3.05, 3.63) is 27.7 Å². The van der Waals surface area contributed by atoms with Crippen LogP contribution < -0.4 is 5.32 Å². The molecule has 18 heavy (non-hydrogen) atoms. The number of hydrogen-bond acceptors (Lipinski definition) is 4. The molecule has 0 spiro atoms. The van der Waals surface area contributed by atoms with Gasteiger partial charge >= 0.3 is 0 Å². The molecule has 100 valence electrons. The SMILES string of the molecule is Oc1c(Cl)cc(Cl)cc1CNCC1(O)CCSC1. The van der Waals surface area contributed by atoms with Crippen LogP contribution in [-0.2, 0) is 6.54 Å². The van der Waals surface area contributed by atoms with Crippen LogP contribution in [0.3, 0.4) is 0 Å². The Bertz CT molecular complexity index is 436. The Morgan fingerprint density at radius 2 is 2.17 bits per heavy atom. The van der Waals surface area contributed by atoms with Gasteiger partial charge in [-0.15, -0.1) is 0 Å². The van der Waals surface area contributed by atoms with E-state index < -0.39 is 5.60 Å². The first-order valence-electron chi connectivity index (χ1n) is 5.68. The Balaban J connectivity index is 1.94. The van der Waals surface area contributed by atoms with E-state index in [4.69, 9.17) is 23.2 Å². The Morgan fingerprint density at radius 1 is 1.39 bits per heavy atom. The van der Waals surface area contributed by atoms with Gasteiger partial charge in [0.05, 0.1) is 10.6 Å². The molecule has 6 heteroatoms. The molecule has 0 radical (unpaired) electrons. The van der Waals surface area contributed by atoms with Gasteiger partial charge in [0.2, 0.25) is 0 Å². The summed E-state index contributed by atoms with van der Waals surface area (Å²) in [5.74, 6) is 1.79. The molecular formula is C12H15Cl2NO2S. The summed E-state index contributed by atoms with van der Waals surface area (Å²) >= 11 is 13.5. The number of thioether (sulfide) groups is 1. The minimum absolute atomic E-state index is 0.0429. The van der Waals surface area contributed by atoms with Gasteiger partial charge in [0, 0.05) is 29.4 Å². The second kappa shape index (κ2) is 5.88. The van der Waals surface area contributed by atoms with Gasteiger partial charge in [-0.25, -0.2) is 0 Å². The van der Waals surface area contributed by atoms with Crippen LogP contribution in [0.15, 0.2) is 12.1 Å². The van der Waals surface area contributed by atoms with Crippen molar-refractivity contribution in [2.24, 2.45) is 0 Å². The third kappa shape index (κ3) is 3.45. The summed E-state index contributed by atoms with van der Waals surface area (Å²) in [6.07, 6.45) is 0.799. The molecule has 1 saturated heterocycles. The van der Waals surface area contributed by atoms with Crippen molar-refractivity contribution in [2.75, 3.05) is 18.1 Å². The lowest BCUT2D eigenvalue weighted by atomic mass is 10.0. The fraction of sp³-hybridized carbons (Fsp3) is 0.500. The molecule has 1 heterocycles. The van der Waals surface area contributed by atoms with E-state index in [9.17, 15) is 10.2 Å². The van der Waals surface area contributed by atoms with Gasteiger partial charge < -0.3 is 15.5 Å².